The minimum Gasteiger partial charge on any atom is -0.497 e. The molecule has 0 atom stereocenters. The van der Waals surface area contributed by atoms with Crippen LogP contribution in [0.4, 0.5) is 0 Å². The molecule has 2 aromatic carbocycles. The van der Waals surface area contributed by atoms with E-state index in [1.807, 2.05) is 31.2 Å². The first kappa shape index (κ1) is 19.9. The number of ether oxygens (including phenoxy) is 1. The molecule has 0 saturated heterocycles. The van der Waals surface area contributed by atoms with Gasteiger partial charge in [-0.05, 0) is 36.2 Å². The summed E-state index contributed by atoms with van der Waals surface area (Å²) in [5.74, 6) is 0.506. The standard InChI is InChI=1S/C19H24N2O4S/c1-15-6-4-5-7-18(15)19(22)20-12-13-21(26(3,23)24)14-16-8-10-17(25-2)11-9-16/h4-11H,12-14H2,1-3H3,(H,20,22). The molecule has 2 rings (SSSR count). The molecule has 26 heavy (non-hydrogen) atoms. The van der Waals surface area contributed by atoms with Gasteiger partial charge in [-0.3, -0.25) is 4.79 Å². The minimum atomic E-state index is -3.40. The number of aryl methyl sites for hydroxylation is 1. The molecule has 2 aromatic rings. The first-order chi connectivity index (χ1) is 12.3. The zero-order chi connectivity index (χ0) is 19.2. The number of hydrogen-bond acceptors (Lipinski definition) is 4. The second kappa shape index (κ2) is 8.82. The quantitative estimate of drug-likeness (QED) is 0.766. The third kappa shape index (κ3) is 5.57. The maximum atomic E-state index is 12.2. The number of amides is 1. The van der Waals surface area contributed by atoms with Crippen molar-refractivity contribution in [2.45, 2.75) is 13.5 Å². The van der Waals surface area contributed by atoms with Crippen LogP contribution in [-0.2, 0) is 16.6 Å². The Balaban J connectivity index is 1.98. The van der Waals surface area contributed by atoms with E-state index in [-0.39, 0.29) is 25.5 Å². The first-order valence-electron chi connectivity index (χ1n) is 8.23. The molecule has 0 aliphatic carbocycles. The van der Waals surface area contributed by atoms with E-state index < -0.39 is 10.0 Å². The molecule has 0 fully saturated rings. The number of methoxy groups -OCH3 is 1. The largest absolute Gasteiger partial charge is 0.497 e. The normalized spacial score (nSPS) is 11.4. The summed E-state index contributed by atoms with van der Waals surface area (Å²) >= 11 is 0. The predicted octanol–water partition coefficient (Wildman–Crippen LogP) is 2.20. The first-order valence-corrected chi connectivity index (χ1v) is 10.1. The lowest BCUT2D eigenvalue weighted by molar-refractivity contribution is 0.0951. The van der Waals surface area contributed by atoms with Crippen molar-refractivity contribution in [3.63, 3.8) is 0 Å². The van der Waals surface area contributed by atoms with Crippen LogP contribution in [0.3, 0.4) is 0 Å². The van der Waals surface area contributed by atoms with Gasteiger partial charge in [0.2, 0.25) is 10.0 Å². The third-order valence-corrected chi connectivity index (χ3v) is 5.27. The highest BCUT2D eigenvalue weighted by molar-refractivity contribution is 7.88. The van der Waals surface area contributed by atoms with E-state index in [2.05, 4.69) is 5.32 Å². The van der Waals surface area contributed by atoms with E-state index in [9.17, 15) is 13.2 Å². The molecular weight excluding hydrogens is 352 g/mol. The van der Waals surface area contributed by atoms with Gasteiger partial charge >= 0.3 is 0 Å². The fourth-order valence-corrected chi connectivity index (χ4v) is 3.32. The molecule has 0 unspecified atom stereocenters. The van der Waals surface area contributed by atoms with Gasteiger partial charge in [-0.1, -0.05) is 30.3 Å². The van der Waals surface area contributed by atoms with Crippen LogP contribution in [0.5, 0.6) is 5.75 Å². The molecule has 140 valence electrons. The van der Waals surface area contributed by atoms with Crippen LogP contribution in [0.2, 0.25) is 0 Å². The second-order valence-electron chi connectivity index (χ2n) is 6.02. The SMILES string of the molecule is COc1ccc(CN(CCNC(=O)c2ccccc2C)S(C)(=O)=O)cc1. The zero-order valence-electron chi connectivity index (χ0n) is 15.2. The number of hydrogen-bond donors (Lipinski definition) is 1. The molecule has 0 aliphatic rings. The Labute approximate surface area is 154 Å². The Kier molecular flexibility index (Phi) is 6.76. The fourth-order valence-electron chi connectivity index (χ4n) is 2.51. The van der Waals surface area contributed by atoms with E-state index in [1.165, 1.54) is 10.6 Å². The third-order valence-electron chi connectivity index (χ3n) is 4.02. The van der Waals surface area contributed by atoms with E-state index in [1.54, 1.807) is 31.4 Å². The van der Waals surface area contributed by atoms with Crippen molar-refractivity contribution in [3.05, 3.63) is 65.2 Å². The second-order valence-corrected chi connectivity index (χ2v) is 8.00. The van der Waals surface area contributed by atoms with Crippen molar-refractivity contribution in [1.82, 2.24) is 9.62 Å². The van der Waals surface area contributed by atoms with Crippen LogP contribution < -0.4 is 10.1 Å². The van der Waals surface area contributed by atoms with Crippen LogP contribution in [0, 0.1) is 6.92 Å². The maximum absolute atomic E-state index is 12.2. The van der Waals surface area contributed by atoms with Crippen molar-refractivity contribution in [2.75, 3.05) is 26.5 Å². The van der Waals surface area contributed by atoms with Crippen LogP contribution in [-0.4, -0.2) is 45.1 Å². The molecule has 0 aromatic heterocycles. The summed E-state index contributed by atoms with van der Waals surface area (Å²) in [6.07, 6.45) is 1.17. The average Bonchev–Trinajstić information content (AvgIpc) is 2.61. The summed E-state index contributed by atoms with van der Waals surface area (Å²) in [5, 5.41) is 2.78. The van der Waals surface area contributed by atoms with E-state index in [0.29, 0.717) is 11.3 Å². The van der Waals surface area contributed by atoms with Gasteiger partial charge in [0.25, 0.3) is 5.91 Å². The van der Waals surface area contributed by atoms with E-state index >= 15 is 0 Å². The van der Waals surface area contributed by atoms with Crippen molar-refractivity contribution >= 4 is 15.9 Å². The zero-order valence-corrected chi connectivity index (χ0v) is 16.0. The number of nitrogens with one attached hydrogen (secondary N) is 1. The van der Waals surface area contributed by atoms with Crippen LogP contribution in [0.15, 0.2) is 48.5 Å². The lowest BCUT2D eigenvalue weighted by Crippen LogP contribution is -2.37. The summed E-state index contributed by atoms with van der Waals surface area (Å²) in [6, 6.07) is 14.5. The van der Waals surface area contributed by atoms with Gasteiger partial charge in [-0.15, -0.1) is 0 Å². The fraction of sp³-hybridized carbons (Fsp3) is 0.316. The molecule has 6 nitrogen and oxygen atoms in total. The average molecular weight is 376 g/mol. The van der Waals surface area contributed by atoms with Crippen molar-refractivity contribution < 1.29 is 17.9 Å². The highest BCUT2D eigenvalue weighted by Gasteiger charge is 2.17. The van der Waals surface area contributed by atoms with Crippen molar-refractivity contribution in [3.8, 4) is 5.75 Å². The Morgan fingerprint density at radius 3 is 2.35 bits per heavy atom. The number of rotatable bonds is 8. The molecule has 1 amide bonds. The Morgan fingerprint density at radius 1 is 1.12 bits per heavy atom. The lowest BCUT2D eigenvalue weighted by Gasteiger charge is -2.20. The molecule has 0 saturated carbocycles. The summed E-state index contributed by atoms with van der Waals surface area (Å²) in [5.41, 5.74) is 2.32. The Hall–Kier alpha value is -2.38. The van der Waals surface area contributed by atoms with E-state index in [4.69, 9.17) is 4.74 Å². The number of carbonyl (C=O) groups excluding carboxylic acids is 1. The smallest absolute Gasteiger partial charge is 0.251 e. The van der Waals surface area contributed by atoms with Gasteiger partial charge in [0.1, 0.15) is 5.75 Å². The number of sulfonamides is 1. The molecule has 0 bridgehead atoms. The van der Waals surface area contributed by atoms with Gasteiger partial charge in [-0.2, -0.15) is 4.31 Å². The van der Waals surface area contributed by atoms with Crippen LogP contribution >= 0.6 is 0 Å². The molecule has 7 heteroatoms. The van der Waals surface area contributed by atoms with Gasteiger partial charge in [0.05, 0.1) is 13.4 Å². The summed E-state index contributed by atoms with van der Waals surface area (Å²) in [6.45, 7) is 2.53. The lowest BCUT2D eigenvalue weighted by atomic mass is 10.1. The number of nitrogens with zero attached hydrogens (tertiary/aromatic N) is 1. The molecule has 0 heterocycles. The van der Waals surface area contributed by atoms with Gasteiger partial charge in [0, 0.05) is 25.2 Å². The molecule has 0 radical (unpaired) electrons. The molecular formula is C19H24N2O4S. The summed E-state index contributed by atoms with van der Waals surface area (Å²) in [4.78, 5) is 12.2. The topological polar surface area (TPSA) is 75.7 Å². The maximum Gasteiger partial charge on any atom is 0.251 e. The highest BCUT2D eigenvalue weighted by Crippen LogP contribution is 2.14. The molecule has 0 aliphatic heterocycles. The summed E-state index contributed by atoms with van der Waals surface area (Å²) in [7, 11) is -1.82. The summed E-state index contributed by atoms with van der Waals surface area (Å²) < 4.78 is 30.5. The van der Waals surface area contributed by atoms with Crippen molar-refractivity contribution in [2.24, 2.45) is 0 Å². The Bertz CT molecular complexity index is 848. The van der Waals surface area contributed by atoms with Crippen LogP contribution in [0.1, 0.15) is 21.5 Å². The van der Waals surface area contributed by atoms with Gasteiger partial charge in [0.15, 0.2) is 0 Å². The molecule has 0 spiro atoms. The monoisotopic (exact) mass is 376 g/mol. The van der Waals surface area contributed by atoms with E-state index in [0.717, 1.165) is 11.1 Å². The predicted molar refractivity (Wildman–Crippen MR) is 102 cm³/mol. The van der Waals surface area contributed by atoms with Crippen molar-refractivity contribution in [1.29, 1.82) is 0 Å². The molecule has 1 N–H and O–H groups in total. The van der Waals surface area contributed by atoms with Crippen LogP contribution in [0.25, 0.3) is 0 Å². The number of benzene rings is 2. The highest BCUT2D eigenvalue weighted by atomic mass is 32.2. The Morgan fingerprint density at radius 2 is 1.77 bits per heavy atom. The van der Waals surface area contributed by atoms with Gasteiger partial charge in [-0.25, -0.2) is 8.42 Å². The van der Waals surface area contributed by atoms with Gasteiger partial charge < -0.3 is 10.1 Å². The minimum absolute atomic E-state index is 0.197. The number of carbonyl (C=O) groups is 1.